The zero-order chi connectivity index (χ0) is 14.7. The molecule has 4 N–H and O–H groups in total. The molecule has 0 aromatic heterocycles. The molecule has 7 nitrogen and oxygen atoms in total. The van der Waals surface area contributed by atoms with Crippen molar-refractivity contribution < 1.29 is 34.7 Å². The SMILES string of the molecule is O=Cc1ccc(O[C@H]2O[C@H](CO)[C@@H](O)[C@H](O)[C@@H]2O)cc1. The highest BCUT2D eigenvalue weighted by molar-refractivity contribution is 5.74. The van der Waals surface area contributed by atoms with Gasteiger partial charge in [0.2, 0.25) is 6.29 Å². The number of hydrogen-bond acceptors (Lipinski definition) is 7. The van der Waals surface area contributed by atoms with Crippen molar-refractivity contribution in [2.45, 2.75) is 30.7 Å². The monoisotopic (exact) mass is 284 g/mol. The molecule has 0 radical (unpaired) electrons. The molecule has 0 bridgehead atoms. The van der Waals surface area contributed by atoms with E-state index in [9.17, 15) is 20.1 Å². The van der Waals surface area contributed by atoms with Crippen LogP contribution in [0.2, 0.25) is 0 Å². The zero-order valence-corrected chi connectivity index (χ0v) is 10.5. The highest BCUT2D eigenvalue weighted by Gasteiger charge is 2.44. The fraction of sp³-hybridized carbons (Fsp3) is 0.462. The van der Waals surface area contributed by atoms with Gasteiger partial charge < -0.3 is 29.9 Å². The Balaban J connectivity index is 2.08. The second-order valence-electron chi connectivity index (χ2n) is 4.50. The van der Waals surface area contributed by atoms with E-state index < -0.39 is 37.3 Å². The van der Waals surface area contributed by atoms with Crippen molar-refractivity contribution in [3.63, 3.8) is 0 Å². The quantitative estimate of drug-likeness (QED) is 0.507. The van der Waals surface area contributed by atoms with Crippen molar-refractivity contribution in [1.29, 1.82) is 0 Å². The van der Waals surface area contributed by atoms with Gasteiger partial charge in [-0.1, -0.05) is 0 Å². The molecule has 1 saturated heterocycles. The van der Waals surface area contributed by atoms with Gasteiger partial charge >= 0.3 is 0 Å². The Morgan fingerprint density at radius 2 is 1.75 bits per heavy atom. The topological polar surface area (TPSA) is 116 Å². The Hall–Kier alpha value is -1.51. The van der Waals surface area contributed by atoms with Crippen LogP contribution in [0.1, 0.15) is 10.4 Å². The van der Waals surface area contributed by atoms with Gasteiger partial charge in [0.1, 0.15) is 36.5 Å². The van der Waals surface area contributed by atoms with Crippen LogP contribution in [0.4, 0.5) is 0 Å². The van der Waals surface area contributed by atoms with Gasteiger partial charge in [-0.25, -0.2) is 0 Å². The van der Waals surface area contributed by atoms with E-state index in [1.54, 1.807) is 0 Å². The summed E-state index contributed by atoms with van der Waals surface area (Å²) in [6, 6.07) is 6.05. The fourth-order valence-electron chi connectivity index (χ4n) is 1.92. The predicted octanol–water partition coefficient (Wildman–Crippen LogP) is -1.32. The van der Waals surface area contributed by atoms with Crippen molar-refractivity contribution in [2.75, 3.05) is 6.61 Å². The summed E-state index contributed by atoms with van der Waals surface area (Å²) < 4.78 is 10.5. The van der Waals surface area contributed by atoms with Crippen LogP contribution in [0.25, 0.3) is 0 Å². The molecule has 0 saturated carbocycles. The van der Waals surface area contributed by atoms with Gasteiger partial charge in [-0.05, 0) is 24.3 Å². The molecule has 1 aliphatic heterocycles. The van der Waals surface area contributed by atoms with E-state index in [1.165, 1.54) is 24.3 Å². The molecular weight excluding hydrogens is 268 g/mol. The van der Waals surface area contributed by atoms with Gasteiger partial charge in [0.15, 0.2) is 0 Å². The molecule has 5 atom stereocenters. The lowest BCUT2D eigenvalue weighted by atomic mass is 9.99. The van der Waals surface area contributed by atoms with E-state index in [0.717, 1.165) is 0 Å². The van der Waals surface area contributed by atoms with E-state index in [1.807, 2.05) is 0 Å². The second kappa shape index (κ2) is 6.29. The van der Waals surface area contributed by atoms with Crippen LogP contribution in [-0.2, 0) is 4.74 Å². The molecule has 7 heteroatoms. The van der Waals surface area contributed by atoms with Crippen LogP contribution in [0.3, 0.4) is 0 Å². The van der Waals surface area contributed by atoms with Gasteiger partial charge in [0, 0.05) is 5.56 Å². The average molecular weight is 284 g/mol. The third kappa shape index (κ3) is 2.97. The van der Waals surface area contributed by atoms with Gasteiger partial charge in [0.25, 0.3) is 0 Å². The third-order valence-electron chi connectivity index (χ3n) is 3.12. The van der Waals surface area contributed by atoms with E-state index in [4.69, 9.17) is 14.6 Å². The molecule has 0 unspecified atom stereocenters. The van der Waals surface area contributed by atoms with E-state index in [0.29, 0.717) is 17.6 Å². The van der Waals surface area contributed by atoms with Crippen LogP contribution >= 0.6 is 0 Å². The van der Waals surface area contributed by atoms with Crippen molar-refractivity contribution in [3.05, 3.63) is 29.8 Å². The highest BCUT2D eigenvalue weighted by Crippen LogP contribution is 2.24. The molecule has 2 rings (SSSR count). The number of aliphatic hydroxyl groups excluding tert-OH is 4. The van der Waals surface area contributed by atoms with Crippen LogP contribution < -0.4 is 4.74 Å². The van der Waals surface area contributed by atoms with E-state index in [-0.39, 0.29) is 0 Å². The maximum atomic E-state index is 10.5. The Kier molecular flexibility index (Phi) is 4.69. The summed E-state index contributed by atoms with van der Waals surface area (Å²) in [5.41, 5.74) is 0.464. The van der Waals surface area contributed by atoms with Gasteiger partial charge in [-0.3, -0.25) is 4.79 Å². The average Bonchev–Trinajstić information content (AvgIpc) is 2.48. The van der Waals surface area contributed by atoms with Gasteiger partial charge in [0.05, 0.1) is 6.61 Å². The molecule has 1 fully saturated rings. The number of rotatable bonds is 4. The minimum absolute atomic E-state index is 0.319. The van der Waals surface area contributed by atoms with Crippen molar-refractivity contribution in [1.82, 2.24) is 0 Å². The number of carbonyl (C=O) groups is 1. The first-order valence-corrected chi connectivity index (χ1v) is 6.09. The molecule has 1 aliphatic rings. The van der Waals surface area contributed by atoms with Crippen LogP contribution in [0, 0.1) is 0 Å². The normalized spacial score (nSPS) is 33.7. The molecule has 0 aliphatic carbocycles. The largest absolute Gasteiger partial charge is 0.462 e. The van der Waals surface area contributed by atoms with E-state index in [2.05, 4.69) is 0 Å². The number of carbonyl (C=O) groups excluding carboxylic acids is 1. The maximum absolute atomic E-state index is 10.5. The number of aliphatic hydroxyl groups is 4. The highest BCUT2D eigenvalue weighted by atomic mass is 16.7. The lowest BCUT2D eigenvalue weighted by Crippen LogP contribution is -2.60. The molecule has 0 spiro atoms. The smallest absolute Gasteiger partial charge is 0.229 e. The Morgan fingerprint density at radius 1 is 1.10 bits per heavy atom. The molecule has 0 amide bonds. The van der Waals surface area contributed by atoms with E-state index >= 15 is 0 Å². The first-order valence-electron chi connectivity index (χ1n) is 6.09. The summed E-state index contributed by atoms with van der Waals surface area (Å²) in [5.74, 6) is 0.319. The van der Waals surface area contributed by atoms with Crippen molar-refractivity contribution in [3.8, 4) is 5.75 Å². The first-order chi connectivity index (χ1) is 9.56. The fourth-order valence-corrected chi connectivity index (χ4v) is 1.92. The van der Waals surface area contributed by atoms with Crippen LogP contribution in [-0.4, -0.2) is 64.0 Å². The third-order valence-corrected chi connectivity index (χ3v) is 3.12. The Bertz CT molecular complexity index is 445. The Labute approximate surface area is 115 Å². The summed E-state index contributed by atoms with van der Waals surface area (Å²) in [7, 11) is 0. The second-order valence-corrected chi connectivity index (χ2v) is 4.50. The molecule has 110 valence electrons. The molecular formula is C13H16O7. The van der Waals surface area contributed by atoms with Gasteiger partial charge in [-0.2, -0.15) is 0 Å². The summed E-state index contributed by atoms with van der Waals surface area (Å²) in [4.78, 5) is 10.5. The summed E-state index contributed by atoms with van der Waals surface area (Å²) >= 11 is 0. The summed E-state index contributed by atoms with van der Waals surface area (Å²) in [5, 5.41) is 38.1. The van der Waals surface area contributed by atoms with Crippen LogP contribution in [0.15, 0.2) is 24.3 Å². The maximum Gasteiger partial charge on any atom is 0.229 e. The molecule has 20 heavy (non-hydrogen) atoms. The van der Waals surface area contributed by atoms with Gasteiger partial charge in [-0.15, -0.1) is 0 Å². The molecule has 1 heterocycles. The number of hydrogen-bond donors (Lipinski definition) is 4. The number of ether oxygens (including phenoxy) is 2. The van der Waals surface area contributed by atoms with Crippen LogP contribution in [0.5, 0.6) is 5.75 Å². The zero-order valence-electron chi connectivity index (χ0n) is 10.5. The lowest BCUT2D eigenvalue weighted by Gasteiger charge is -2.39. The predicted molar refractivity (Wildman–Crippen MR) is 66.2 cm³/mol. The van der Waals surface area contributed by atoms with Crippen molar-refractivity contribution in [2.24, 2.45) is 0 Å². The minimum atomic E-state index is -1.49. The standard InChI is InChI=1S/C13H16O7/c14-5-7-1-3-8(4-2-7)19-13-12(18)11(17)10(16)9(6-15)20-13/h1-5,9-13,15-18H,6H2/t9-,10-,11+,12+,13+/m1/s1. The number of benzene rings is 1. The number of aldehydes is 1. The first kappa shape index (κ1) is 14.9. The summed E-state index contributed by atoms with van der Waals surface area (Å²) in [6.07, 6.45) is -5.94. The Morgan fingerprint density at radius 3 is 2.30 bits per heavy atom. The minimum Gasteiger partial charge on any atom is -0.462 e. The molecule has 1 aromatic rings. The lowest BCUT2D eigenvalue weighted by molar-refractivity contribution is -0.277. The molecule has 1 aromatic carbocycles. The summed E-state index contributed by atoms with van der Waals surface area (Å²) in [6.45, 7) is -0.519. The van der Waals surface area contributed by atoms with Crippen molar-refractivity contribution >= 4 is 6.29 Å².